The molecule has 29 heavy (non-hydrogen) atoms. The van der Waals surface area contributed by atoms with E-state index in [0.717, 1.165) is 0 Å². The number of hydrogen-bond acceptors (Lipinski definition) is 7. The van der Waals surface area contributed by atoms with Crippen LogP contribution in [0, 0.1) is 0 Å². The monoisotopic (exact) mass is 400 g/mol. The molecule has 0 spiro atoms. The number of benzene rings is 2. The van der Waals surface area contributed by atoms with Gasteiger partial charge < -0.3 is 18.9 Å². The van der Waals surface area contributed by atoms with Gasteiger partial charge in [-0.3, -0.25) is 4.79 Å². The van der Waals surface area contributed by atoms with E-state index in [1.165, 1.54) is 13.8 Å². The van der Waals surface area contributed by atoms with Gasteiger partial charge in [0, 0.05) is 6.92 Å². The van der Waals surface area contributed by atoms with Gasteiger partial charge >= 0.3 is 17.9 Å². The molecule has 7 heteroatoms. The van der Waals surface area contributed by atoms with Crippen LogP contribution in [0.3, 0.4) is 0 Å². The molecule has 0 saturated carbocycles. The van der Waals surface area contributed by atoms with Gasteiger partial charge in [-0.1, -0.05) is 36.4 Å². The molecule has 0 aliphatic heterocycles. The molecule has 0 N–H and O–H groups in total. The molecule has 0 amide bonds. The van der Waals surface area contributed by atoms with Crippen molar-refractivity contribution in [1.29, 1.82) is 0 Å². The third-order valence-corrected chi connectivity index (χ3v) is 3.91. The molecule has 0 radical (unpaired) electrons. The van der Waals surface area contributed by atoms with Gasteiger partial charge in [-0.2, -0.15) is 0 Å². The van der Waals surface area contributed by atoms with Crippen LogP contribution in [0.4, 0.5) is 0 Å². The van der Waals surface area contributed by atoms with Crippen LogP contribution in [0.1, 0.15) is 41.5 Å². The second kappa shape index (κ2) is 11.0. The summed E-state index contributed by atoms with van der Waals surface area (Å²) in [4.78, 5) is 35.7. The Bertz CT molecular complexity index is 804. The maximum Gasteiger partial charge on any atom is 0.338 e. The summed E-state index contributed by atoms with van der Waals surface area (Å²) in [6, 6.07) is 17.0. The molecular weight excluding hydrogens is 376 g/mol. The Kier molecular flexibility index (Phi) is 8.36. The third kappa shape index (κ3) is 7.38. The molecular formula is C22H24O7. The van der Waals surface area contributed by atoms with Gasteiger partial charge in [-0.15, -0.1) is 0 Å². The Morgan fingerprint density at radius 1 is 0.793 bits per heavy atom. The summed E-state index contributed by atoms with van der Waals surface area (Å²) in [5.41, 5.74) is 0.764. The van der Waals surface area contributed by atoms with Crippen LogP contribution in [-0.4, -0.2) is 43.0 Å². The fourth-order valence-electron chi connectivity index (χ4n) is 2.50. The highest BCUT2D eigenvalue weighted by Crippen LogP contribution is 2.13. The number of rotatable bonds is 9. The molecule has 2 aromatic rings. The lowest BCUT2D eigenvalue weighted by atomic mass is 10.2. The van der Waals surface area contributed by atoms with Gasteiger partial charge in [0.15, 0.2) is 0 Å². The highest BCUT2D eigenvalue weighted by molar-refractivity contribution is 5.90. The minimum absolute atomic E-state index is 0.192. The number of esters is 3. The summed E-state index contributed by atoms with van der Waals surface area (Å²) >= 11 is 0. The number of ether oxygens (including phenoxy) is 4. The summed E-state index contributed by atoms with van der Waals surface area (Å²) < 4.78 is 21.4. The van der Waals surface area contributed by atoms with E-state index in [0.29, 0.717) is 11.1 Å². The number of carbonyl (C=O) groups is 3. The maximum atomic E-state index is 12.3. The van der Waals surface area contributed by atoms with E-state index >= 15 is 0 Å². The molecule has 0 aliphatic carbocycles. The zero-order valence-corrected chi connectivity index (χ0v) is 16.6. The average Bonchev–Trinajstić information content (AvgIpc) is 2.71. The SMILES string of the molecule is CC(=O)O[C@@H](C)O[C@H](COC(=O)c1ccccc1)C(C)OC(=O)c1ccccc1. The van der Waals surface area contributed by atoms with Crippen molar-refractivity contribution in [2.75, 3.05) is 6.61 Å². The standard InChI is InChI=1S/C22H24O7/c1-15(27-22(25)19-12-8-5-9-13-19)20(29-17(3)28-16(2)23)14-26-21(24)18-10-6-4-7-11-18/h4-13,15,17,20H,14H2,1-3H3/t15?,17-,20-/m1/s1. The van der Waals surface area contributed by atoms with Crippen molar-refractivity contribution in [3.8, 4) is 0 Å². The quantitative estimate of drug-likeness (QED) is 0.362. The second-order valence-electron chi connectivity index (χ2n) is 6.29. The summed E-state index contributed by atoms with van der Waals surface area (Å²) in [6.45, 7) is 4.20. The Balaban J connectivity index is 2.03. The van der Waals surface area contributed by atoms with Crippen LogP contribution in [0.25, 0.3) is 0 Å². The number of hydrogen-bond donors (Lipinski definition) is 0. The van der Waals surface area contributed by atoms with Crippen molar-refractivity contribution in [2.24, 2.45) is 0 Å². The van der Waals surface area contributed by atoms with E-state index in [2.05, 4.69) is 0 Å². The van der Waals surface area contributed by atoms with Crippen molar-refractivity contribution >= 4 is 17.9 Å². The molecule has 2 rings (SSSR count). The van der Waals surface area contributed by atoms with Gasteiger partial charge in [0.1, 0.15) is 18.8 Å². The molecule has 2 aromatic carbocycles. The second-order valence-corrected chi connectivity index (χ2v) is 6.29. The average molecular weight is 400 g/mol. The van der Waals surface area contributed by atoms with Gasteiger partial charge in [-0.25, -0.2) is 9.59 Å². The summed E-state index contributed by atoms with van der Waals surface area (Å²) in [5.74, 6) is -1.60. The van der Waals surface area contributed by atoms with E-state index in [1.807, 2.05) is 0 Å². The minimum atomic E-state index is -0.911. The first-order chi connectivity index (χ1) is 13.9. The molecule has 0 heterocycles. The fraction of sp³-hybridized carbons (Fsp3) is 0.318. The molecule has 0 fully saturated rings. The Labute approximate surface area is 169 Å². The van der Waals surface area contributed by atoms with E-state index in [-0.39, 0.29) is 6.61 Å². The van der Waals surface area contributed by atoms with Crippen LogP contribution < -0.4 is 0 Å². The van der Waals surface area contributed by atoms with Crippen molar-refractivity contribution in [2.45, 2.75) is 39.3 Å². The van der Waals surface area contributed by atoms with E-state index < -0.39 is 36.4 Å². The zero-order valence-electron chi connectivity index (χ0n) is 16.6. The molecule has 1 unspecified atom stereocenters. The minimum Gasteiger partial charge on any atom is -0.459 e. The van der Waals surface area contributed by atoms with Gasteiger partial charge in [-0.05, 0) is 38.1 Å². The predicted molar refractivity (Wildman–Crippen MR) is 104 cm³/mol. The van der Waals surface area contributed by atoms with Crippen LogP contribution in [-0.2, 0) is 23.7 Å². The Morgan fingerprint density at radius 3 is 1.83 bits per heavy atom. The predicted octanol–water partition coefficient (Wildman–Crippen LogP) is 3.38. The van der Waals surface area contributed by atoms with Crippen LogP contribution in [0.15, 0.2) is 60.7 Å². The van der Waals surface area contributed by atoms with Crippen LogP contribution in [0.5, 0.6) is 0 Å². The fourth-order valence-corrected chi connectivity index (χ4v) is 2.50. The molecule has 0 saturated heterocycles. The highest BCUT2D eigenvalue weighted by atomic mass is 16.7. The first-order valence-electron chi connectivity index (χ1n) is 9.17. The third-order valence-electron chi connectivity index (χ3n) is 3.91. The summed E-state index contributed by atoms with van der Waals surface area (Å²) in [7, 11) is 0. The Morgan fingerprint density at radius 2 is 1.31 bits per heavy atom. The van der Waals surface area contributed by atoms with E-state index in [1.54, 1.807) is 67.6 Å². The first kappa shape index (κ1) is 22.1. The van der Waals surface area contributed by atoms with Crippen LogP contribution in [0.2, 0.25) is 0 Å². The van der Waals surface area contributed by atoms with Gasteiger partial charge in [0.05, 0.1) is 11.1 Å². The molecule has 7 nitrogen and oxygen atoms in total. The van der Waals surface area contributed by atoms with Crippen molar-refractivity contribution in [1.82, 2.24) is 0 Å². The first-order valence-corrected chi connectivity index (χ1v) is 9.17. The highest BCUT2D eigenvalue weighted by Gasteiger charge is 2.27. The molecule has 0 bridgehead atoms. The lowest BCUT2D eigenvalue weighted by Gasteiger charge is -2.26. The van der Waals surface area contributed by atoms with Gasteiger partial charge in [0.25, 0.3) is 0 Å². The topological polar surface area (TPSA) is 88.1 Å². The molecule has 0 aromatic heterocycles. The van der Waals surface area contributed by atoms with E-state index in [9.17, 15) is 14.4 Å². The smallest absolute Gasteiger partial charge is 0.338 e. The van der Waals surface area contributed by atoms with Gasteiger partial charge in [0.2, 0.25) is 6.29 Å². The zero-order chi connectivity index (χ0) is 21.2. The lowest BCUT2D eigenvalue weighted by Crippen LogP contribution is -2.39. The van der Waals surface area contributed by atoms with Crippen LogP contribution >= 0.6 is 0 Å². The number of carbonyl (C=O) groups excluding carboxylic acids is 3. The van der Waals surface area contributed by atoms with Crippen molar-refractivity contribution < 1.29 is 33.3 Å². The largest absolute Gasteiger partial charge is 0.459 e. The normalized spacial score (nSPS) is 13.6. The van der Waals surface area contributed by atoms with E-state index in [4.69, 9.17) is 18.9 Å². The lowest BCUT2D eigenvalue weighted by molar-refractivity contribution is -0.197. The molecule has 3 atom stereocenters. The maximum absolute atomic E-state index is 12.3. The summed E-state index contributed by atoms with van der Waals surface area (Å²) in [5, 5.41) is 0. The molecule has 0 aliphatic rings. The summed E-state index contributed by atoms with van der Waals surface area (Å²) in [6.07, 6.45) is -2.53. The Hall–Kier alpha value is -3.19. The van der Waals surface area contributed by atoms with Crippen molar-refractivity contribution in [3.63, 3.8) is 0 Å². The molecule has 154 valence electrons. The van der Waals surface area contributed by atoms with Crippen molar-refractivity contribution in [3.05, 3.63) is 71.8 Å².